The maximum Gasteiger partial charge on any atom is 0.291 e. The molecule has 1 aromatic heterocycles. The first-order valence-corrected chi connectivity index (χ1v) is 7.16. The zero-order chi connectivity index (χ0) is 14.4. The Bertz CT molecular complexity index is 555. The lowest BCUT2D eigenvalue weighted by atomic mass is 10.1. The summed E-state index contributed by atoms with van der Waals surface area (Å²) in [5.74, 6) is 0.868. The molecule has 0 saturated carbocycles. The second-order valence-electron chi connectivity index (χ2n) is 5.02. The molecular formula is C17H21NO2. The summed E-state index contributed by atoms with van der Waals surface area (Å²) in [4.78, 5) is 11.9. The Morgan fingerprint density at radius 3 is 2.45 bits per heavy atom. The summed E-state index contributed by atoms with van der Waals surface area (Å²) >= 11 is 0. The first-order valence-electron chi connectivity index (χ1n) is 7.16. The fraction of sp³-hybridized carbons (Fsp3) is 0.353. The van der Waals surface area contributed by atoms with Crippen LogP contribution >= 0.6 is 0 Å². The number of carbonyl (C=O) groups is 1. The van der Waals surface area contributed by atoms with Gasteiger partial charge in [-0.05, 0) is 49.6 Å². The van der Waals surface area contributed by atoms with Gasteiger partial charge in [-0.3, -0.25) is 4.79 Å². The van der Waals surface area contributed by atoms with Gasteiger partial charge in [-0.15, -0.1) is 0 Å². The largest absolute Gasteiger partial charge is 0.456 e. The average Bonchev–Trinajstić information content (AvgIpc) is 2.88. The third-order valence-corrected chi connectivity index (χ3v) is 3.24. The minimum Gasteiger partial charge on any atom is -0.456 e. The Labute approximate surface area is 120 Å². The maximum atomic E-state index is 11.9. The van der Waals surface area contributed by atoms with Crippen LogP contribution in [0.2, 0.25) is 0 Å². The van der Waals surface area contributed by atoms with Gasteiger partial charge in [0.25, 0.3) is 5.91 Å². The van der Waals surface area contributed by atoms with Crippen molar-refractivity contribution in [1.29, 1.82) is 0 Å². The van der Waals surface area contributed by atoms with Crippen LogP contribution in [0, 0.1) is 6.92 Å². The molecule has 0 atom stereocenters. The SMILES string of the molecule is CCCCCc1ccc(NC(=O)c2ccc(C)o2)cc1. The lowest BCUT2D eigenvalue weighted by molar-refractivity contribution is 0.0995. The Morgan fingerprint density at radius 2 is 1.85 bits per heavy atom. The van der Waals surface area contributed by atoms with E-state index >= 15 is 0 Å². The molecule has 0 spiro atoms. The van der Waals surface area contributed by atoms with Crippen molar-refractivity contribution in [3.8, 4) is 0 Å². The molecule has 0 aliphatic carbocycles. The smallest absolute Gasteiger partial charge is 0.291 e. The molecule has 3 nitrogen and oxygen atoms in total. The van der Waals surface area contributed by atoms with E-state index in [4.69, 9.17) is 4.42 Å². The van der Waals surface area contributed by atoms with Crippen molar-refractivity contribution in [1.82, 2.24) is 0 Å². The highest BCUT2D eigenvalue weighted by Crippen LogP contribution is 2.14. The molecule has 1 N–H and O–H groups in total. The third kappa shape index (κ3) is 3.98. The monoisotopic (exact) mass is 271 g/mol. The van der Waals surface area contributed by atoms with Gasteiger partial charge in [0.2, 0.25) is 0 Å². The van der Waals surface area contributed by atoms with Crippen LogP contribution in [0.15, 0.2) is 40.8 Å². The number of benzene rings is 1. The number of carbonyl (C=O) groups excluding carboxylic acids is 1. The van der Waals surface area contributed by atoms with Crippen LogP contribution in [0.4, 0.5) is 5.69 Å². The van der Waals surface area contributed by atoms with Crippen molar-refractivity contribution in [2.45, 2.75) is 39.5 Å². The van der Waals surface area contributed by atoms with E-state index < -0.39 is 0 Å². The summed E-state index contributed by atoms with van der Waals surface area (Å²) < 4.78 is 5.29. The van der Waals surface area contributed by atoms with Gasteiger partial charge in [0.05, 0.1) is 0 Å². The van der Waals surface area contributed by atoms with E-state index in [2.05, 4.69) is 24.4 Å². The highest BCUT2D eigenvalue weighted by molar-refractivity contribution is 6.02. The average molecular weight is 271 g/mol. The molecule has 2 aromatic rings. The van der Waals surface area contributed by atoms with Crippen molar-refractivity contribution in [3.63, 3.8) is 0 Å². The summed E-state index contributed by atoms with van der Waals surface area (Å²) in [6, 6.07) is 11.5. The lowest BCUT2D eigenvalue weighted by Gasteiger charge is -2.05. The Kier molecular flexibility index (Phi) is 4.99. The molecular weight excluding hydrogens is 250 g/mol. The molecule has 0 aliphatic rings. The van der Waals surface area contributed by atoms with Gasteiger partial charge in [0, 0.05) is 5.69 Å². The molecule has 0 unspecified atom stereocenters. The van der Waals surface area contributed by atoms with Crippen LogP contribution < -0.4 is 5.32 Å². The third-order valence-electron chi connectivity index (χ3n) is 3.24. The Morgan fingerprint density at radius 1 is 1.10 bits per heavy atom. The van der Waals surface area contributed by atoms with Gasteiger partial charge in [0.1, 0.15) is 5.76 Å². The minimum atomic E-state index is -0.211. The van der Waals surface area contributed by atoms with Crippen LogP contribution in [0.3, 0.4) is 0 Å². The van der Waals surface area contributed by atoms with Gasteiger partial charge in [0.15, 0.2) is 5.76 Å². The van der Waals surface area contributed by atoms with E-state index in [0.717, 1.165) is 17.9 Å². The number of hydrogen-bond donors (Lipinski definition) is 1. The maximum absolute atomic E-state index is 11.9. The zero-order valence-electron chi connectivity index (χ0n) is 12.1. The molecule has 3 heteroatoms. The molecule has 0 bridgehead atoms. The number of amides is 1. The van der Waals surface area contributed by atoms with E-state index in [-0.39, 0.29) is 5.91 Å². The quantitative estimate of drug-likeness (QED) is 0.782. The summed E-state index contributed by atoms with van der Waals surface area (Å²) in [7, 11) is 0. The van der Waals surface area contributed by atoms with E-state index in [0.29, 0.717) is 5.76 Å². The first kappa shape index (κ1) is 14.4. The zero-order valence-corrected chi connectivity index (χ0v) is 12.1. The molecule has 0 saturated heterocycles. The number of unbranched alkanes of at least 4 members (excludes halogenated alkanes) is 2. The topological polar surface area (TPSA) is 42.2 Å². The fourth-order valence-corrected chi connectivity index (χ4v) is 2.08. The molecule has 1 heterocycles. The Hall–Kier alpha value is -2.03. The van der Waals surface area contributed by atoms with E-state index in [1.165, 1.54) is 24.8 Å². The Balaban J connectivity index is 1.91. The fourth-order valence-electron chi connectivity index (χ4n) is 2.08. The molecule has 106 valence electrons. The first-order chi connectivity index (χ1) is 9.69. The lowest BCUT2D eigenvalue weighted by Crippen LogP contribution is -2.10. The molecule has 0 aliphatic heterocycles. The number of furan rings is 1. The number of rotatable bonds is 6. The van der Waals surface area contributed by atoms with E-state index in [1.54, 1.807) is 12.1 Å². The van der Waals surface area contributed by atoms with Gasteiger partial charge < -0.3 is 9.73 Å². The van der Waals surface area contributed by atoms with Gasteiger partial charge in [-0.1, -0.05) is 31.9 Å². The summed E-state index contributed by atoms with van der Waals surface area (Å²) in [6.07, 6.45) is 4.81. The van der Waals surface area contributed by atoms with Gasteiger partial charge >= 0.3 is 0 Å². The molecule has 0 fully saturated rings. The second kappa shape index (κ2) is 6.94. The van der Waals surface area contributed by atoms with Gasteiger partial charge in [-0.2, -0.15) is 0 Å². The van der Waals surface area contributed by atoms with Crippen LogP contribution in [-0.4, -0.2) is 5.91 Å². The second-order valence-corrected chi connectivity index (χ2v) is 5.02. The highest BCUT2D eigenvalue weighted by Gasteiger charge is 2.09. The standard InChI is InChI=1S/C17H21NO2/c1-3-4-5-6-14-8-10-15(11-9-14)18-17(19)16-12-7-13(2)20-16/h7-12H,3-6H2,1-2H3,(H,18,19). The number of aryl methyl sites for hydroxylation is 2. The molecule has 0 radical (unpaired) electrons. The normalized spacial score (nSPS) is 10.5. The highest BCUT2D eigenvalue weighted by atomic mass is 16.3. The van der Waals surface area contributed by atoms with E-state index in [9.17, 15) is 4.79 Å². The molecule has 1 aromatic carbocycles. The van der Waals surface area contributed by atoms with Crippen LogP contribution in [0.25, 0.3) is 0 Å². The molecule has 2 rings (SSSR count). The summed E-state index contributed by atoms with van der Waals surface area (Å²) in [5.41, 5.74) is 2.11. The number of nitrogens with one attached hydrogen (secondary N) is 1. The molecule has 20 heavy (non-hydrogen) atoms. The van der Waals surface area contributed by atoms with Crippen LogP contribution in [-0.2, 0) is 6.42 Å². The van der Waals surface area contributed by atoms with Crippen molar-refractivity contribution in [2.24, 2.45) is 0 Å². The van der Waals surface area contributed by atoms with Crippen molar-refractivity contribution in [3.05, 3.63) is 53.5 Å². The van der Waals surface area contributed by atoms with Crippen molar-refractivity contribution < 1.29 is 9.21 Å². The van der Waals surface area contributed by atoms with Gasteiger partial charge in [-0.25, -0.2) is 0 Å². The van der Waals surface area contributed by atoms with Crippen molar-refractivity contribution >= 4 is 11.6 Å². The van der Waals surface area contributed by atoms with E-state index in [1.807, 2.05) is 19.1 Å². The number of anilines is 1. The predicted molar refractivity (Wildman–Crippen MR) is 81.1 cm³/mol. The predicted octanol–water partition coefficient (Wildman–Crippen LogP) is 4.57. The van der Waals surface area contributed by atoms with Crippen molar-refractivity contribution in [2.75, 3.05) is 5.32 Å². The summed E-state index contributed by atoms with van der Waals surface area (Å²) in [6.45, 7) is 4.02. The summed E-state index contributed by atoms with van der Waals surface area (Å²) in [5, 5.41) is 2.83. The van der Waals surface area contributed by atoms with Crippen LogP contribution in [0.5, 0.6) is 0 Å². The van der Waals surface area contributed by atoms with Crippen LogP contribution in [0.1, 0.15) is 48.1 Å². The molecule has 1 amide bonds. The number of hydrogen-bond acceptors (Lipinski definition) is 2. The minimum absolute atomic E-state index is 0.211.